The molecule has 0 bridgehead atoms. The second-order valence-corrected chi connectivity index (χ2v) is 7.40. The van der Waals surface area contributed by atoms with Crippen molar-refractivity contribution in [2.24, 2.45) is 4.99 Å². The predicted molar refractivity (Wildman–Crippen MR) is 111 cm³/mol. The largest absolute Gasteiger partial charge is 0.378 e. The van der Waals surface area contributed by atoms with Gasteiger partial charge in [0.2, 0.25) is 0 Å². The molecule has 2 aliphatic heterocycles. The monoisotopic (exact) mass is 446 g/mol. The summed E-state index contributed by atoms with van der Waals surface area (Å²) in [5.74, 6) is -1.64. The number of aryl methyl sites for hydroxylation is 1. The van der Waals surface area contributed by atoms with E-state index >= 15 is 0 Å². The smallest absolute Gasteiger partial charge is 0.282 e. The van der Waals surface area contributed by atoms with Crippen LogP contribution in [0.25, 0.3) is 11.3 Å². The Morgan fingerprint density at radius 2 is 1.84 bits per heavy atom. The van der Waals surface area contributed by atoms with E-state index in [2.05, 4.69) is 25.5 Å². The molecule has 0 saturated carbocycles. The summed E-state index contributed by atoms with van der Waals surface area (Å²) in [6, 6.07) is 5.01. The molecule has 11 heteroatoms. The lowest BCUT2D eigenvalue weighted by Gasteiger charge is -2.29. The Balaban J connectivity index is 1.75. The van der Waals surface area contributed by atoms with Gasteiger partial charge in [0.15, 0.2) is 0 Å². The molecular formula is C21H18F4N6O. The maximum Gasteiger partial charge on any atom is 0.282 e. The van der Waals surface area contributed by atoms with Gasteiger partial charge in [-0.3, -0.25) is 5.10 Å². The number of aliphatic imine (C=N–C) groups is 1. The van der Waals surface area contributed by atoms with Crippen LogP contribution in [0, 0.1) is 18.6 Å². The molecule has 0 unspecified atom stereocenters. The third-order valence-electron chi connectivity index (χ3n) is 5.43. The van der Waals surface area contributed by atoms with Gasteiger partial charge in [-0.25, -0.2) is 27.5 Å². The third kappa shape index (κ3) is 3.38. The first-order chi connectivity index (χ1) is 15.4. The van der Waals surface area contributed by atoms with Crippen LogP contribution in [0.15, 0.2) is 29.3 Å². The highest BCUT2D eigenvalue weighted by atomic mass is 19.3. The van der Waals surface area contributed by atoms with Crippen LogP contribution < -0.4 is 10.2 Å². The molecule has 0 atom stereocenters. The normalized spacial score (nSPS) is 15.7. The number of halogens is 4. The minimum atomic E-state index is -2.95. The van der Waals surface area contributed by atoms with Gasteiger partial charge in [-0.15, -0.1) is 0 Å². The van der Waals surface area contributed by atoms with E-state index in [9.17, 15) is 17.6 Å². The Bertz CT molecular complexity index is 1200. The molecule has 0 aliphatic carbocycles. The van der Waals surface area contributed by atoms with Crippen LogP contribution in [0.4, 0.5) is 34.8 Å². The van der Waals surface area contributed by atoms with Gasteiger partial charge in [-0.1, -0.05) is 6.07 Å². The number of rotatable bonds is 3. The van der Waals surface area contributed by atoms with Crippen molar-refractivity contribution < 1.29 is 22.3 Å². The zero-order chi connectivity index (χ0) is 22.4. The molecule has 0 spiro atoms. The molecule has 1 aromatic carbocycles. The van der Waals surface area contributed by atoms with Gasteiger partial charge < -0.3 is 15.0 Å². The van der Waals surface area contributed by atoms with E-state index in [4.69, 9.17) is 4.74 Å². The van der Waals surface area contributed by atoms with Crippen molar-refractivity contribution in [3.05, 3.63) is 52.9 Å². The molecule has 1 fully saturated rings. The number of aromatic nitrogens is 3. The number of hydrogen-bond acceptors (Lipinski definition) is 6. The van der Waals surface area contributed by atoms with Crippen LogP contribution in [0.1, 0.15) is 23.4 Å². The maximum absolute atomic E-state index is 14.5. The van der Waals surface area contributed by atoms with Crippen LogP contribution in [-0.2, 0) is 4.74 Å². The van der Waals surface area contributed by atoms with E-state index in [1.807, 2.05) is 4.90 Å². The van der Waals surface area contributed by atoms with E-state index in [0.29, 0.717) is 54.8 Å². The predicted octanol–water partition coefficient (Wildman–Crippen LogP) is 4.34. The van der Waals surface area contributed by atoms with Gasteiger partial charge in [-0.05, 0) is 25.1 Å². The standard InChI is InChI=1S/C21H18F4N6O/c1-10-16-18(30-29-10)11-9-14(31-5-7-32-8-6-31)26-19(20(24)25)17(11)28-21(27-16)15-12(22)3-2-4-13(15)23/h2-4,9,20H,5-8H2,1H3,(H,27,28)(H,29,30). The van der Waals surface area contributed by atoms with E-state index in [1.54, 1.807) is 13.0 Å². The highest BCUT2D eigenvalue weighted by molar-refractivity contribution is 6.14. The van der Waals surface area contributed by atoms with Crippen molar-refractivity contribution in [3.8, 4) is 11.3 Å². The van der Waals surface area contributed by atoms with E-state index in [-0.39, 0.29) is 11.5 Å². The van der Waals surface area contributed by atoms with E-state index in [0.717, 1.165) is 12.1 Å². The number of fused-ring (bicyclic) bond motifs is 3. The number of nitrogens with one attached hydrogen (secondary N) is 2. The van der Waals surface area contributed by atoms with Gasteiger partial charge >= 0.3 is 0 Å². The van der Waals surface area contributed by atoms with Crippen LogP contribution in [0.3, 0.4) is 0 Å². The van der Waals surface area contributed by atoms with Crippen LogP contribution in [-0.4, -0.2) is 47.3 Å². The van der Waals surface area contributed by atoms with Crippen LogP contribution in [0.5, 0.6) is 0 Å². The molecule has 1 saturated heterocycles. The number of aromatic amines is 1. The van der Waals surface area contributed by atoms with Crippen LogP contribution in [0.2, 0.25) is 0 Å². The number of ether oxygens (including phenoxy) is 1. The molecule has 7 nitrogen and oxygen atoms in total. The number of anilines is 2. The first-order valence-electron chi connectivity index (χ1n) is 9.95. The maximum atomic E-state index is 14.5. The number of morpholine rings is 1. The number of nitrogens with zero attached hydrogens (tertiary/aromatic N) is 4. The Hall–Kier alpha value is -3.47. The first kappa shape index (κ1) is 20.4. The Morgan fingerprint density at radius 3 is 2.53 bits per heavy atom. The summed E-state index contributed by atoms with van der Waals surface area (Å²) in [6.45, 7) is 3.57. The summed E-state index contributed by atoms with van der Waals surface area (Å²) in [6.07, 6.45) is -2.95. The van der Waals surface area contributed by atoms with Gasteiger partial charge in [0.25, 0.3) is 6.43 Å². The van der Waals surface area contributed by atoms with Crippen molar-refractivity contribution in [1.82, 2.24) is 15.2 Å². The lowest BCUT2D eigenvalue weighted by atomic mass is 10.1. The highest BCUT2D eigenvalue weighted by Crippen LogP contribution is 2.44. The third-order valence-corrected chi connectivity index (χ3v) is 5.43. The fraction of sp³-hybridized carbons (Fsp3) is 0.286. The van der Waals surface area contributed by atoms with E-state index in [1.165, 1.54) is 6.07 Å². The summed E-state index contributed by atoms with van der Waals surface area (Å²) in [5, 5.41) is 9.69. The summed E-state index contributed by atoms with van der Waals surface area (Å²) in [7, 11) is 0. The second-order valence-electron chi connectivity index (χ2n) is 7.40. The Kier molecular flexibility index (Phi) is 5.04. The molecule has 5 rings (SSSR count). The molecule has 4 heterocycles. The number of H-pyrrole nitrogens is 1. The molecular weight excluding hydrogens is 428 g/mol. The second kappa shape index (κ2) is 7.90. The Labute approximate surface area is 180 Å². The molecule has 0 radical (unpaired) electrons. The quantitative estimate of drug-likeness (QED) is 0.586. The summed E-state index contributed by atoms with van der Waals surface area (Å²) < 4.78 is 62.7. The fourth-order valence-electron chi connectivity index (χ4n) is 3.84. The van der Waals surface area contributed by atoms with Crippen LogP contribution >= 0.6 is 0 Å². The average molecular weight is 446 g/mol. The molecule has 3 aromatic rings. The number of hydrogen-bond donors (Lipinski definition) is 2. The van der Waals surface area contributed by atoms with E-state index < -0.39 is 29.3 Å². The minimum absolute atomic E-state index is 0.0826. The first-order valence-corrected chi connectivity index (χ1v) is 9.95. The SMILES string of the molecule is Cc1n[nH]c2c1N=C(c1c(F)cccc1F)Nc1c-2cc(N2CCOCC2)nc1C(F)F. The van der Waals surface area contributed by atoms with Crippen molar-refractivity contribution >= 4 is 23.0 Å². The van der Waals surface area contributed by atoms with Crippen molar-refractivity contribution in [2.45, 2.75) is 13.3 Å². The molecule has 2 aromatic heterocycles. The lowest BCUT2D eigenvalue weighted by molar-refractivity contribution is 0.122. The number of pyridine rings is 1. The van der Waals surface area contributed by atoms with Crippen molar-refractivity contribution in [1.29, 1.82) is 0 Å². The number of benzene rings is 1. The van der Waals surface area contributed by atoms with Crippen molar-refractivity contribution in [3.63, 3.8) is 0 Å². The zero-order valence-electron chi connectivity index (χ0n) is 16.9. The fourth-order valence-corrected chi connectivity index (χ4v) is 3.84. The lowest BCUT2D eigenvalue weighted by Crippen LogP contribution is -2.37. The molecule has 2 N–H and O–H groups in total. The molecule has 2 aliphatic rings. The number of alkyl halides is 2. The van der Waals surface area contributed by atoms with Gasteiger partial charge in [-0.2, -0.15) is 5.10 Å². The molecule has 166 valence electrons. The number of amidine groups is 1. The van der Waals surface area contributed by atoms with Gasteiger partial charge in [0.05, 0.1) is 35.9 Å². The summed E-state index contributed by atoms with van der Waals surface area (Å²) in [5.41, 5.74) is 0.359. The zero-order valence-corrected chi connectivity index (χ0v) is 16.9. The van der Waals surface area contributed by atoms with Crippen molar-refractivity contribution in [2.75, 3.05) is 36.5 Å². The van der Waals surface area contributed by atoms with Gasteiger partial charge in [0.1, 0.15) is 34.7 Å². The molecule has 32 heavy (non-hydrogen) atoms. The highest BCUT2D eigenvalue weighted by Gasteiger charge is 2.30. The average Bonchev–Trinajstić information content (AvgIpc) is 3.05. The Morgan fingerprint density at radius 1 is 1.12 bits per heavy atom. The van der Waals surface area contributed by atoms with Gasteiger partial charge in [0, 0.05) is 18.7 Å². The summed E-state index contributed by atoms with van der Waals surface area (Å²) in [4.78, 5) is 10.4. The topological polar surface area (TPSA) is 78.4 Å². The molecule has 0 amide bonds. The minimum Gasteiger partial charge on any atom is -0.378 e. The summed E-state index contributed by atoms with van der Waals surface area (Å²) >= 11 is 0.